The number of thiophene rings is 1. The molecule has 0 saturated carbocycles. The molecule has 2 aromatic rings. The van der Waals surface area contributed by atoms with E-state index in [4.69, 9.17) is 0 Å². The van der Waals surface area contributed by atoms with Gasteiger partial charge < -0.3 is 5.32 Å². The number of nitrogens with one attached hydrogen (secondary N) is 1. The number of rotatable bonds is 6. The van der Waals surface area contributed by atoms with Crippen molar-refractivity contribution in [1.29, 1.82) is 0 Å². The second kappa shape index (κ2) is 8.43. The van der Waals surface area contributed by atoms with Crippen molar-refractivity contribution in [2.45, 2.75) is 10.7 Å². The molecule has 1 aliphatic rings. The highest BCUT2D eigenvalue weighted by molar-refractivity contribution is 8.18. The standard InChI is InChI=1S/C17H12F2N2O5S3/c18-16(19)29(25,26)12-5-3-10(4-6-12)20-14(22)9-21-15(23)13(28-17(21)24)8-11-2-1-7-27-11/h1-8,16H,9H2,(H,20,22)/b13-8-. The smallest absolute Gasteiger partial charge is 0.325 e. The van der Waals surface area contributed by atoms with E-state index in [0.29, 0.717) is 0 Å². The average Bonchev–Trinajstić information content (AvgIpc) is 3.26. The number of nitrogens with zero attached hydrogens (tertiary/aromatic N) is 1. The van der Waals surface area contributed by atoms with Gasteiger partial charge in [-0.1, -0.05) is 6.07 Å². The van der Waals surface area contributed by atoms with E-state index in [1.54, 1.807) is 18.2 Å². The third-order valence-electron chi connectivity index (χ3n) is 3.69. The van der Waals surface area contributed by atoms with Crippen LogP contribution in [-0.4, -0.2) is 42.7 Å². The van der Waals surface area contributed by atoms with Crippen LogP contribution in [0, 0.1) is 0 Å². The molecule has 0 spiro atoms. The number of carbonyl (C=O) groups is 3. The number of amides is 3. The summed E-state index contributed by atoms with van der Waals surface area (Å²) in [7, 11) is -4.73. The number of benzene rings is 1. The predicted octanol–water partition coefficient (Wildman–Crippen LogP) is 3.42. The summed E-state index contributed by atoms with van der Waals surface area (Å²) in [4.78, 5) is 37.7. The van der Waals surface area contributed by atoms with Gasteiger partial charge in [0, 0.05) is 10.6 Å². The molecule has 1 fully saturated rings. The Morgan fingerprint density at radius 1 is 1.17 bits per heavy atom. The first-order valence-corrected chi connectivity index (χ1v) is 11.1. The van der Waals surface area contributed by atoms with Crippen LogP contribution in [0.3, 0.4) is 0 Å². The molecule has 29 heavy (non-hydrogen) atoms. The molecule has 0 aliphatic carbocycles. The molecule has 152 valence electrons. The largest absolute Gasteiger partial charge is 0.341 e. The number of sulfone groups is 1. The Kier molecular flexibility index (Phi) is 6.15. The predicted molar refractivity (Wildman–Crippen MR) is 105 cm³/mol. The van der Waals surface area contributed by atoms with Crippen molar-refractivity contribution >= 4 is 61.8 Å². The molecule has 2 heterocycles. The van der Waals surface area contributed by atoms with Gasteiger partial charge in [-0.25, -0.2) is 8.42 Å². The SMILES string of the molecule is O=C(CN1C(=O)S/C(=C\c2cccs2)C1=O)Nc1ccc(S(=O)(=O)C(F)F)cc1. The van der Waals surface area contributed by atoms with Crippen LogP contribution in [0.1, 0.15) is 4.88 Å². The van der Waals surface area contributed by atoms with E-state index < -0.39 is 44.1 Å². The molecule has 1 aromatic heterocycles. The van der Waals surface area contributed by atoms with Crippen LogP contribution in [0.15, 0.2) is 51.6 Å². The van der Waals surface area contributed by atoms with Crippen molar-refractivity contribution < 1.29 is 31.6 Å². The first-order valence-electron chi connectivity index (χ1n) is 7.89. The Balaban J connectivity index is 1.65. The molecule has 3 rings (SSSR count). The number of hydrogen-bond acceptors (Lipinski definition) is 7. The van der Waals surface area contributed by atoms with Crippen LogP contribution in [-0.2, 0) is 19.4 Å². The zero-order chi connectivity index (χ0) is 21.2. The minimum absolute atomic E-state index is 0.129. The second-order valence-electron chi connectivity index (χ2n) is 5.66. The van der Waals surface area contributed by atoms with E-state index in [1.165, 1.54) is 11.3 Å². The normalized spacial score (nSPS) is 16.1. The van der Waals surface area contributed by atoms with Crippen molar-refractivity contribution in [3.8, 4) is 0 Å². The van der Waals surface area contributed by atoms with Gasteiger partial charge in [0.25, 0.3) is 11.1 Å². The van der Waals surface area contributed by atoms with Crippen molar-refractivity contribution in [3.05, 3.63) is 51.6 Å². The topological polar surface area (TPSA) is 101 Å². The maximum absolute atomic E-state index is 12.5. The summed E-state index contributed by atoms with van der Waals surface area (Å²) in [6, 6.07) is 7.71. The van der Waals surface area contributed by atoms with Gasteiger partial charge in [-0.05, 0) is 53.5 Å². The van der Waals surface area contributed by atoms with Gasteiger partial charge in [-0.2, -0.15) is 8.78 Å². The molecular formula is C17H12F2N2O5S3. The maximum atomic E-state index is 12.5. The molecular weight excluding hydrogens is 446 g/mol. The second-order valence-corrected chi connectivity index (χ2v) is 9.55. The van der Waals surface area contributed by atoms with Gasteiger partial charge in [-0.15, -0.1) is 11.3 Å². The highest BCUT2D eigenvalue weighted by Crippen LogP contribution is 2.32. The fraction of sp³-hybridized carbons (Fsp3) is 0.118. The summed E-state index contributed by atoms with van der Waals surface area (Å²) < 4.78 is 47.8. The minimum Gasteiger partial charge on any atom is -0.325 e. The molecule has 1 N–H and O–H groups in total. The van der Waals surface area contributed by atoms with E-state index >= 15 is 0 Å². The van der Waals surface area contributed by atoms with Crippen LogP contribution < -0.4 is 5.32 Å². The van der Waals surface area contributed by atoms with Crippen LogP contribution in [0.5, 0.6) is 0 Å². The zero-order valence-corrected chi connectivity index (χ0v) is 16.8. The molecule has 0 unspecified atom stereocenters. The third-order valence-corrected chi connectivity index (χ3v) is 6.82. The molecule has 7 nitrogen and oxygen atoms in total. The molecule has 12 heteroatoms. The summed E-state index contributed by atoms with van der Waals surface area (Å²) in [6.45, 7) is -0.538. The molecule has 1 aliphatic heterocycles. The van der Waals surface area contributed by atoms with E-state index in [1.807, 2.05) is 5.38 Å². The summed E-state index contributed by atoms with van der Waals surface area (Å²) in [5.41, 5.74) is 0.129. The van der Waals surface area contributed by atoms with Crippen LogP contribution in [0.25, 0.3) is 6.08 Å². The number of anilines is 1. The van der Waals surface area contributed by atoms with Gasteiger partial charge in [0.15, 0.2) is 0 Å². The van der Waals surface area contributed by atoms with Gasteiger partial charge in [0.2, 0.25) is 15.7 Å². The molecule has 1 saturated heterocycles. The molecule has 0 radical (unpaired) electrons. The fourth-order valence-corrected chi connectivity index (χ4v) is 4.60. The summed E-state index contributed by atoms with van der Waals surface area (Å²) in [5, 5.41) is 3.61. The van der Waals surface area contributed by atoms with E-state index in [0.717, 1.165) is 45.8 Å². The highest BCUT2D eigenvalue weighted by atomic mass is 32.2. The molecule has 0 bridgehead atoms. The quantitative estimate of drug-likeness (QED) is 0.666. The first-order chi connectivity index (χ1) is 13.7. The van der Waals surface area contributed by atoms with Crippen molar-refractivity contribution in [1.82, 2.24) is 4.90 Å². The summed E-state index contributed by atoms with van der Waals surface area (Å²) in [6.07, 6.45) is 1.57. The van der Waals surface area contributed by atoms with Crippen molar-refractivity contribution in [2.24, 2.45) is 0 Å². The lowest BCUT2D eigenvalue weighted by Gasteiger charge is -2.12. The summed E-state index contributed by atoms with van der Waals surface area (Å²) in [5.74, 6) is -4.85. The van der Waals surface area contributed by atoms with Gasteiger partial charge in [0.1, 0.15) is 6.54 Å². The molecule has 3 amide bonds. The van der Waals surface area contributed by atoms with Gasteiger partial charge >= 0.3 is 5.76 Å². The monoisotopic (exact) mass is 458 g/mol. The number of thioether (sulfide) groups is 1. The average molecular weight is 458 g/mol. The number of halogens is 2. The Labute approximate surface area is 172 Å². The number of imide groups is 1. The van der Waals surface area contributed by atoms with Crippen LogP contribution in [0.4, 0.5) is 19.3 Å². The lowest BCUT2D eigenvalue weighted by atomic mass is 10.3. The number of hydrogen-bond donors (Lipinski definition) is 1. The number of alkyl halides is 2. The van der Waals surface area contributed by atoms with Crippen LogP contribution >= 0.6 is 23.1 Å². The Morgan fingerprint density at radius 3 is 2.45 bits per heavy atom. The Bertz CT molecular complexity index is 1080. The Morgan fingerprint density at radius 2 is 1.86 bits per heavy atom. The molecule has 0 atom stereocenters. The van der Waals surface area contributed by atoms with Crippen LogP contribution in [0.2, 0.25) is 0 Å². The first kappa shape index (κ1) is 21.1. The number of carbonyl (C=O) groups excluding carboxylic acids is 3. The zero-order valence-electron chi connectivity index (χ0n) is 14.4. The lowest BCUT2D eigenvalue weighted by Crippen LogP contribution is -2.36. The highest BCUT2D eigenvalue weighted by Gasteiger charge is 2.36. The maximum Gasteiger partial charge on any atom is 0.341 e. The van der Waals surface area contributed by atoms with Crippen molar-refractivity contribution in [3.63, 3.8) is 0 Å². The fourth-order valence-electron chi connectivity index (χ4n) is 2.31. The van der Waals surface area contributed by atoms with Gasteiger partial charge in [-0.3, -0.25) is 19.3 Å². The minimum atomic E-state index is -4.73. The van der Waals surface area contributed by atoms with E-state index in [-0.39, 0.29) is 10.6 Å². The Hall–Kier alpha value is -2.57. The summed E-state index contributed by atoms with van der Waals surface area (Å²) >= 11 is 2.12. The molecule has 1 aromatic carbocycles. The lowest BCUT2D eigenvalue weighted by molar-refractivity contribution is -0.127. The van der Waals surface area contributed by atoms with E-state index in [9.17, 15) is 31.6 Å². The van der Waals surface area contributed by atoms with Crippen molar-refractivity contribution in [2.75, 3.05) is 11.9 Å². The van der Waals surface area contributed by atoms with Gasteiger partial charge in [0.05, 0.1) is 9.80 Å². The third kappa shape index (κ3) is 4.71. The van der Waals surface area contributed by atoms with E-state index in [2.05, 4.69) is 5.32 Å².